The van der Waals surface area contributed by atoms with Crippen LogP contribution in [0.25, 0.3) is 10.6 Å². The number of nitrogens with zero attached hydrogens (tertiary/aromatic N) is 3. The summed E-state index contributed by atoms with van der Waals surface area (Å²) in [6, 6.07) is 14.0. The molecule has 0 aliphatic heterocycles. The SMILES string of the molecule is COc1ccc(/C=N/NC(=O)c2sc(-c3ccccc3)nc2C)cc1[N+](=O)[O-]. The molecule has 0 spiro atoms. The van der Waals surface area contributed by atoms with Gasteiger partial charge in [-0.25, -0.2) is 10.4 Å². The largest absolute Gasteiger partial charge is 0.490 e. The highest BCUT2D eigenvalue weighted by atomic mass is 32.1. The highest BCUT2D eigenvalue weighted by Gasteiger charge is 2.16. The normalized spacial score (nSPS) is 10.8. The first-order valence-corrected chi connectivity index (χ1v) is 9.00. The number of ether oxygens (including phenoxy) is 1. The van der Waals surface area contributed by atoms with Crippen molar-refractivity contribution in [2.75, 3.05) is 7.11 Å². The number of aromatic nitrogens is 1. The van der Waals surface area contributed by atoms with Crippen LogP contribution in [0.4, 0.5) is 5.69 Å². The zero-order valence-electron chi connectivity index (χ0n) is 15.1. The Balaban J connectivity index is 1.73. The van der Waals surface area contributed by atoms with Gasteiger partial charge in [0.05, 0.1) is 23.9 Å². The van der Waals surface area contributed by atoms with Gasteiger partial charge in [-0.2, -0.15) is 5.10 Å². The van der Waals surface area contributed by atoms with Gasteiger partial charge in [0.15, 0.2) is 5.75 Å². The maximum atomic E-state index is 12.4. The Bertz CT molecular complexity index is 1050. The highest BCUT2D eigenvalue weighted by Crippen LogP contribution is 2.28. The molecule has 0 radical (unpaired) electrons. The quantitative estimate of drug-likeness (QED) is 0.387. The minimum Gasteiger partial charge on any atom is -0.490 e. The number of carbonyl (C=O) groups excluding carboxylic acids is 1. The lowest BCUT2D eigenvalue weighted by molar-refractivity contribution is -0.385. The van der Waals surface area contributed by atoms with Crippen LogP contribution >= 0.6 is 11.3 Å². The molecule has 1 heterocycles. The number of hydrogen-bond acceptors (Lipinski definition) is 7. The number of carbonyl (C=O) groups is 1. The molecule has 0 unspecified atom stereocenters. The number of aryl methyl sites for hydroxylation is 1. The number of benzene rings is 2. The summed E-state index contributed by atoms with van der Waals surface area (Å²) < 4.78 is 4.95. The van der Waals surface area contributed by atoms with Crippen LogP contribution in [0.2, 0.25) is 0 Å². The lowest BCUT2D eigenvalue weighted by atomic mass is 10.2. The van der Waals surface area contributed by atoms with Crippen LogP contribution < -0.4 is 10.2 Å². The lowest BCUT2D eigenvalue weighted by Gasteiger charge is -2.02. The summed E-state index contributed by atoms with van der Waals surface area (Å²) in [5.74, 6) is -0.239. The molecule has 1 aromatic heterocycles. The predicted octanol–water partition coefficient (Wildman–Crippen LogP) is 3.80. The molecule has 0 fully saturated rings. The van der Waals surface area contributed by atoms with E-state index in [1.807, 2.05) is 30.3 Å². The fraction of sp³-hybridized carbons (Fsp3) is 0.105. The molecular formula is C19H16N4O4S. The van der Waals surface area contributed by atoms with Crippen LogP contribution in [-0.2, 0) is 0 Å². The smallest absolute Gasteiger partial charge is 0.311 e. The van der Waals surface area contributed by atoms with Crippen LogP contribution in [0.5, 0.6) is 5.75 Å². The second-order valence-corrected chi connectivity index (χ2v) is 6.69. The standard InChI is InChI=1S/C19H16N4O4S/c1-12-17(28-19(21-12)14-6-4-3-5-7-14)18(24)22-20-11-13-8-9-16(27-2)15(10-13)23(25)26/h3-11H,1-2H3,(H,22,24)/b20-11+. The Morgan fingerprint density at radius 2 is 2.04 bits per heavy atom. The number of nitro groups is 1. The molecule has 0 atom stereocenters. The van der Waals surface area contributed by atoms with Crippen molar-refractivity contribution in [1.29, 1.82) is 0 Å². The number of nitro benzene ring substituents is 1. The van der Waals surface area contributed by atoms with Gasteiger partial charge in [-0.05, 0) is 19.1 Å². The van der Waals surface area contributed by atoms with Crippen LogP contribution in [0.1, 0.15) is 20.9 Å². The predicted molar refractivity (Wildman–Crippen MR) is 107 cm³/mol. The zero-order valence-corrected chi connectivity index (χ0v) is 15.9. The van der Waals surface area contributed by atoms with E-state index in [0.717, 1.165) is 10.6 Å². The molecule has 1 N–H and O–H groups in total. The lowest BCUT2D eigenvalue weighted by Crippen LogP contribution is -2.17. The van der Waals surface area contributed by atoms with Crippen molar-refractivity contribution in [2.45, 2.75) is 6.92 Å². The molecule has 1 amide bonds. The molecule has 0 aliphatic rings. The summed E-state index contributed by atoms with van der Waals surface area (Å²) >= 11 is 1.28. The molecule has 142 valence electrons. The second-order valence-electron chi connectivity index (χ2n) is 5.69. The Labute approximate surface area is 164 Å². The summed E-state index contributed by atoms with van der Waals surface area (Å²) in [6.45, 7) is 1.76. The van der Waals surface area contributed by atoms with Gasteiger partial charge in [-0.3, -0.25) is 14.9 Å². The molecule has 9 heteroatoms. The molecule has 2 aromatic carbocycles. The molecule has 3 rings (SSSR count). The molecule has 28 heavy (non-hydrogen) atoms. The minimum absolute atomic E-state index is 0.153. The molecule has 8 nitrogen and oxygen atoms in total. The van der Waals surface area contributed by atoms with E-state index >= 15 is 0 Å². The van der Waals surface area contributed by atoms with E-state index in [1.54, 1.807) is 13.0 Å². The van der Waals surface area contributed by atoms with Gasteiger partial charge in [-0.15, -0.1) is 11.3 Å². The zero-order chi connectivity index (χ0) is 20.1. The van der Waals surface area contributed by atoms with Crippen molar-refractivity contribution in [3.8, 4) is 16.3 Å². The summed E-state index contributed by atoms with van der Waals surface area (Å²) in [5, 5.41) is 15.7. The van der Waals surface area contributed by atoms with Gasteiger partial charge in [0.2, 0.25) is 0 Å². The Morgan fingerprint density at radius 3 is 2.71 bits per heavy atom. The van der Waals surface area contributed by atoms with Crippen molar-refractivity contribution < 1.29 is 14.5 Å². The van der Waals surface area contributed by atoms with Gasteiger partial charge < -0.3 is 4.74 Å². The molecule has 0 aliphatic carbocycles. The van der Waals surface area contributed by atoms with Crippen molar-refractivity contribution >= 4 is 29.1 Å². The van der Waals surface area contributed by atoms with E-state index in [2.05, 4.69) is 15.5 Å². The number of hydrazone groups is 1. The monoisotopic (exact) mass is 396 g/mol. The Hall–Kier alpha value is -3.59. The van der Waals surface area contributed by atoms with Crippen molar-refractivity contribution in [1.82, 2.24) is 10.4 Å². The number of amides is 1. The summed E-state index contributed by atoms with van der Waals surface area (Å²) in [6.07, 6.45) is 1.33. The van der Waals surface area contributed by atoms with Gasteiger partial charge in [0.25, 0.3) is 5.91 Å². The van der Waals surface area contributed by atoms with E-state index in [9.17, 15) is 14.9 Å². The average molecular weight is 396 g/mol. The summed E-state index contributed by atoms with van der Waals surface area (Å²) in [5.41, 5.74) is 4.25. The van der Waals surface area contributed by atoms with E-state index < -0.39 is 10.8 Å². The van der Waals surface area contributed by atoms with Crippen molar-refractivity contribution in [2.24, 2.45) is 5.10 Å². The number of nitrogens with one attached hydrogen (secondary N) is 1. The molecular weight excluding hydrogens is 380 g/mol. The molecule has 3 aromatic rings. The third-order valence-electron chi connectivity index (χ3n) is 3.80. The van der Waals surface area contributed by atoms with Gasteiger partial charge in [-0.1, -0.05) is 30.3 Å². The van der Waals surface area contributed by atoms with Crippen LogP contribution in [0, 0.1) is 17.0 Å². The third kappa shape index (κ3) is 4.21. The maximum absolute atomic E-state index is 12.4. The first-order valence-electron chi connectivity index (χ1n) is 8.18. The maximum Gasteiger partial charge on any atom is 0.311 e. The van der Waals surface area contributed by atoms with E-state index in [1.165, 1.54) is 36.8 Å². The molecule has 0 saturated carbocycles. The van der Waals surface area contributed by atoms with E-state index in [0.29, 0.717) is 16.1 Å². The van der Waals surface area contributed by atoms with E-state index in [4.69, 9.17) is 4.74 Å². The molecule has 0 bridgehead atoms. The number of methoxy groups -OCH3 is 1. The minimum atomic E-state index is -0.541. The first-order chi connectivity index (χ1) is 13.5. The fourth-order valence-electron chi connectivity index (χ4n) is 2.46. The van der Waals surface area contributed by atoms with Crippen LogP contribution in [0.15, 0.2) is 53.6 Å². The van der Waals surface area contributed by atoms with Gasteiger partial charge >= 0.3 is 5.69 Å². The molecule has 0 saturated heterocycles. The Kier molecular flexibility index (Phi) is 5.75. The number of hydrogen-bond donors (Lipinski definition) is 1. The van der Waals surface area contributed by atoms with E-state index in [-0.39, 0.29) is 11.4 Å². The number of rotatable bonds is 6. The second kappa shape index (κ2) is 8.40. The van der Waals surface area contributed by atoms with Crippen molar-refractivity contribution in [3.63, 3.8) is 0 Å². The number of thiazole rings is 1. The highest BCUT2D eigenvalue weighted by molar-refractivity contribution is 7.17. The van der Waals surface area contributed by atoms with Crippen LogP contribution in [0.3, 0.4) is 0 Å². The Morgan fingerprint density at radius 1 is 1.29 bits per heavy atom. The third-order valence-corrected chi connectivity index (χ3v) is 5.01. The van der Waals surface area contributed by atoms with Crippen molar-refractivity contribution in [3.05, 3.63) is 74.8 Å². The summed E-state index contributed by atoms with van der Waals surface area (Å²) in [4.78, 5) is 27.8. The fourth-order valence-corrected chi connectivity index (χ4v) is 3.42. The summed E-state index contributed by atoms with van der Waals surface area (Å²) in [7, 11) is 1.36. The first kappa shape index (κ1) is 19.2. The van der Waals surface area contributed by atoms with Crippen LogP contribution in [-0.4, -0.2) is 29.1 Å². The topological polar surface area (TPSA) is 107 Å². The average Bonchev–Trinajstić information content (AvgIpc) is 3.10. The van der Waals surface area contributed by atoms with Gasteiger partial charge in [0, 0.05) is 17.2 Å². The van der Waals surface area contributed by atoms with Gasteiger partial charge in [0.1, 0.15) is 9.88 Å².